The molecular formula is C11H15N3O2. The third-order valence-corrected chi connectivity index (χ3v) is 2.21. The molecule has 0 bridgehead atoms. The number of hydrogen-bond donors (Lipinski definition) is 0. The number of benzene rings is 1. The van der Waals surface area contributed by atoms with E-state index in [1.807, 2.05) is 37.3 Å². The molecule has 0 N–H and O–H groups in total. The maximum atomic E-state index is 8.54. The first kappa shape index (κ1) is 12.5. The lowest BCUT2D eigenvalue weighted by molar-refractivity contribution is -0.0729. The highest BCUT2D eigenvalue weighted by atomic mass is 16.7. The maximum absolute atomic E-state index is 8.54. The molecule has 0 aliphatic heterocycles. The van der Waals surface area contributed by atoms with Gasteiger partial charge in [0.2, 0.25) is 0 Å². The highest BCUT2D eigenvalue weighted by Crippen LogP contribution is 2.23. The van der Waals surface area contributed by atoms with Crippen LogP contribution in [0.1, 0.15) is 18.5 Å². The fraction of sp³-hybridized carbons (Fsp3) is 0.455. The van der Waals surface area contributed by atoms with E-state index in [4.69, 9.17) is 15.0 Å². The van der Waals surface area contributed by atoms with Crippen LogP contribution in [0.15, 0.2) is 35.4 Å². The quantitative estimate of drug-likeness (QED) is 0.320. The van der Waals surface area contributed by atoms with Crippen LogP contribution in [0.2, 0.25) is 0 Å². The van der Waals surface area contributed by atoms with Gasteiger partial charge in [-0.05, 0) is 18.0 Å². The van der Waals surface area contributed by atoms with E-state index in [0.29, 0.717) is 0 Å². The van der Waals surface area contributed by atoms with Gasteiger partial charge in [-0.25, -0.2) is 0 Å². The van der Waals surface area contributed by atoms with Gasteiger partial charge < -0.3 is 9.47 Å². The van der Waals surface area contributed by atoms with Crippen molar-refractivity contribution < 1.29 is 9.47 Å². The van der Waals surface area contributed by atoms with E-state index in [1.54, 1.807) is 7.11 Å². The topological polar surface area (TPSA) is 67.2 Å². The molecule has 1 unspecified atom stereocenters. The minimum atomic E-state index is -0.332. The molecule has 0 heterocycles. The van der Waals surface area contributed by atoms with Crippen LogP contribution in [0.3, 0.4) is 0 Å². The van der Waals surface area contributed by atoms with Crippen LogP contribution in [0.4, 0.5) is 0 Å². The number of hydrogen-bond acceptors (Lipinski definition) is 3. The van der Waals surface area contributed by atoms with Crippen molar-refractivity contribution in [2.24, 2.45) is 5.11 Å². The lowest BCUT2D eigenvalue weighted by atomic mass is 10.0. The summed E-state index contributed by atoms with van der Waals surface area (Å²) in [6.07, 6.45) is -0.224. The van der Waals surface area contributed by atoms with Crippen LogP contribution >= 0.6 is 0 Å². The van der Waals surface area contributed by atoms with Gasteiger partial charge in [0.25, 0.3) is 0 Å². The van der Waals surface area contributed by atoms with Crippen molar-refractivity contribution in [3.63, 3.8) is 0 Å². The standard InChI is InChI=1S/C11H15N3O2/c1-9(16-8-15-2)11(13-14-12)10-6-4-3-5-7-10/h3-7,9,11H,8H2,1-2H3/t9-,11?/m0/s1. The molecule has 0 spiro atoms. The van der Waals surface area contributed by atoms with Gasteiger partial charge in [-0.2, -0.15) is 0 Å². The van der Waals surface area contributed by atoms with Gasteiger partial charge in [0, 0.05) is 12.0 Å². The second kappa shape index (κ2) is 6.85. The van der Waals surface area contributed by atoms with Crippen molar-refractivity contribution in [2.45, 2.75) is 19.1 Å². The minimum absolute atomic E-state index is 0.186. The molecule has 0 saturated heterocycles. The van der Waals surface area contributed by atoms with Gasteiger partial charge in [-0.1, -0.05) is 35.4 Å². The lowest BCUT2D eigenvalue weighted by Gasteiger charge is -2.19. The van der Waals surface area contributed by atoms with Gasteiger partial charge in [-0.15, -0.1) is 0 Å². The first-order chi connectivity index (χ1) is 7.79. The molecule has 5 nitrogen and oxygen atoms in total. The van der Waals surface area contributed by atoms with Crippen molar-refractivity contribution >= 4 is 0 Å². The molecule has 0 fully saturated rings. The van der Waals surface area contributed by atoms with E-state index in [2.05, 4.69) is 10.0 Å². The van der Waals surface area contributed by atoms with E-state index < -0.39 is 0 Å². The van der Waals surface area contributed by atoms with E-state index >= 15 is 0 Å². The van der Waals surface area contributed by atoms with Crippen LogP contribution in [0, 0.1) is 0 Å². The van der Waals surface area contributed by atoms with Crippen molar-refractivity contribution in [3.05, 3.63) is 46.3 Å². The molecular weight excluding hydrogens is 206 g/mol. The maximum Gasteiger partial charge on any atom is 0.146 e. The predicted octanol–water partition coefficient (Wildman–Crippen LogP) is 3.05. The summed E-state index contributed by atoms with van der Waals surface area (Å²) >= 11 is 0. The zero-order valence-electron chi connectivity index (χ0n) is 9.41. The van der Waals surface area contributed by atoms with E-state index in [-0.39, 0.29) is 18.9 Å². The summed E-state index contributed by atoms with van der Waals surface area (Å²) in [7, 11) is 1.55. The van der Waals surface area contributed by atoms with Crippen molar-refractivity contribution in [1.29, 1.82) is 0 Å². The summed E-state index contributed by atoms with van der Waals surface area (Å²) in [6.45, 7) is 2.04. The van der Waals surface area contributed by atoms with Crippen LogP contribution in [0.5, 0.6) is 0 Å². The van der Waals surface area contributed by atoms with Gasteiger partial charge in [0.05, 0.1) is 12.1 Å². The van der Waals surface area contributed by atoms with Gasteiger partial charge in [0.1, 0.15) is 6.79 Å². The van der Waals surface area contributed by atoms with Crippen LogP contribution in [0.25, 0.3) is 10.4 Å². The monoisotopic (exact) mass is 221 g/mol. The third-order valence-electron chi connectivity index (χ3n) is 2.21. The second-order valence-corrected chi connectivity index (χ2v) is 3.34. The summed E-state index contributed by atoms with van der Waals surface area (Å²) in [4.78, 5) is 2.85. The molecule has 2 atom stereocenters. The molecule has 86 valence electrons. The highest BCUT2D eigenvalue weighted by molar-refractivity contribution is 5.20. The highest BCUT2D eigenvalue weighted by Gasteiger charge is 2.18. The first-order valence-electron chi connectivity index (χ1n) is 4.99. The Morgan fingerprint density at radius 1 is 1.38 bits per heavy atom. The Kier molecular flexibility index (Phi) is 5.36. The molecule has 0 aliphatic rings. The van der Waals surface area contributed by atoms with E-state index in [9.17, 15) is 0 Å². The predicted molar refractivity (Wildman–Crippen MR) is 60.8 cm³/mol. The molecule has 0 amide bonds. The fourth-order valence-corrected chi connectivity index (χ4v) is 1.40. The third kappa shape index (κ3) is 3.55. The zero-order valence-corrected chi connectivity index (χ0v) is 9.41. The summed E-state index contributed by atoms with van der Waals surface area (Å²) < 4.78 is 10.2. The Morgan fingerprint density at radius 2 is 2.06 bits per heavy atom. The van der Waals surface area contributed by atoms with Gasteiger partial charge in [0.15, 0.2) is 0 Å². The number of azide groups is 1. The molecule has 0 saturated carbocycles. The second-order valence-electron chi connectivity index (χ2n) is 3.34. The average Bonchev–Trinajstić information content (AvgIpc) is 2.34. The normalized spacial score (nSPS) is 13.9. The summed E-state index contributed by atoms with van der Waals surface area (Å²) in [5.74, 6) is 0. The van der Waals surface area contributed by atoms with Crippen LogP contribution < -0.4 is 0 Å². The fourth-order valence-electron chi connectivity index (χ4n) is 1.40. The Bertz CT molecular complexity index is 350. The smallest absolute Gasteiger partial charge is 0.146 e. The number of rotatable bonds is 6. The molecule has 1 aromatic rings. The van der Waals surface area contributed by atoms with Gasteiger partial charge in [-0.3, -0.25) is 0 Å². The Hall–Kier alpha value is -1.55. The first-order valence-corrected chi connectivity index (χ1v) is 4.99. The van der Waals surface area contributed by atoms with Crippen LogP contribution in [-0.4, -0.2) is 20.0 Å². The SMILES string of the molecule is COCO[C@@H](C)C(N=[N+]=[N-])c1ccccc1. The Morgan fingerprint density at radius 3 is 2.62 bits per heavy atom. The van der Waals surface area contributed by atoms with Crippen molar-refractivity contribution in [3.8, 4) is 0 Å². The number of methoxy groups -OCH3 is 1. The van der Waals surface area contributed by atoms with Crippen molar-refractivity contribution in [2.75, 3.05) is 13.9 Å². The molecule has 16 heavy (non-hydrogen) atoms. The molecule has 0 radical (unpaired) electrons. The molecule has 1 rings (SSSR count). The average molecular weight is 221 g/mol. The summed E-state index contributed by atoms with van der Waals surface area (Å²) in [5.41, 5.74) is 9.48. The Balaban J connectivity index is 2.78. The zero-order chi connectivity index (χ0) is 11.8. The number of ether oxygens (including phenoxy) is 2. The molecule has 5 heteroatoms. The van der Waals surface area contributed by atoms with E-state index in [1.165, 1.54) is 0 Å². The lowest BCUT2D eigenvalue weighted by Crippen LogP contribution is -2.18. The largest absolute Gasteiger partial charge is 0.359 e. The van der Waals surface area contributed by atoms with E-state index in [0.717, 1.165) is 5.56 Å². The summed E-state index contributed by atoms with van der Waals surface area (Å²) in [6, 6.07) is 9.20. The van der Waals surface area contributed by atoms with Crippen molar-refractivity contribution in [1.82, 2.24) is 0 Å². The minimum Gasteiger partial charge on any atom is -0.359 e. The summed E-state index contributed by atoms with van der Waals surface area (Å²) in [5, 5.41) is 3.75. The molecule has 0 aliphatic carbocycles. The molecule has 1 aromatic carbocycles. The molecule has 0 aromatic heterocycles. The van der Waals surface area contributed by atoms with Gasteiger partial charge >= 0.3 is 0 Å². The Labute approximate surface area is 94.6 Å². The van der Waals surface area contributed by atoms with Crippen LogP contribution in [-0.2, 0) is 9.47 Å². The number of nitrogens with zero attached hydrogens (tertiary/aromatic N) is 3.